The van der Waals surface area contributed by atoms with Gasteiger partial charge >= 0.3 is 0 Å². The van der Waals surface area contributed by atoms with Crippen molar-refractivity contribution in [3.63, 3.8) is 0 Å². The van der Waals surface area contributed by atoms with Crippen molar-refractivity contribution in [1.82, 2.24) is 4.57 Å². The van der Waals surface area contributed by atoms with E-state index in [2.05, 4.69) is 27.3 Å². The molecule has 4 nitrogen and oxygen atoms in total. The van der Waals surface area contributed by atoms with Crippen LogP contribution >= 0.6 is 15.9 Å². The van der Waals surface area contributed by atoms with E-state index >= 15 is 0 Å². The van der Waals surface area contributed by atoms with Crippen molar-refractivity contribution in [3.05, 3.63) is 82.1 Å². The summed E-state index contributed by atoms with van der Waals surface area (Å²) in [6.07, 6.45) is 1.73. The minimum absolute atomic E-state index is 0.316. The van der Waals surface area contributed by atoms with Gasteiger partial charge in [0, 0.05) is 22.0 Å². The Kier molecular flexibility index (Phi) is 4.50. The highest BCUT2D eigenvalue weighted by Gasteiger charge is 2.18. The van der Waals surface area contributed by atoms with E-state index in [9.17, 15) is 10.1 Å². The predicted molar refractivity (Wildman–Crippen MR) is 97.3 cm³/mol. The zero-order chi connectivity index (χ0) is 17.1. The zero-order valence-corrected chi connectivity index (χ0v) is 14.5. The standard InChI is InChI=1S/C19H14BrN3O/c1-13-5-7-16(8-6-13)22-19(24)18-14(12-21)9-10-23(18)17-4-2-3-15(20)11-17/h2-11H,1H3,(H,22,24). The highest BCUT2D eigenvalue weighted by Crippen LogP contribution is 2.21. The van der Waals surface area contributed by atoms with Crippen LogP contribution < -0.4 is 5.32 Å². The van der Waals surface area contributed by atoms with Crippen LogP contribution in [0.1, 0.15) is 21.6 Å². The molecule has 0 aliphatic heterocycles. The SMILES string of the molecule is Cc1ccc(NC(=O)c2c(C#N)ccn2-c2cccc(Br)c2)cc1. The summed E-state index contributed by atoms with van der Waals surface area (Å²) in [6.45, 7) is 1.98. The second-order valence-corrected chi connectivity index (χ2v) is 6.28. The molecule has 0 spiro atoms. The Morgan fingerprint density at radius 1 is 1.17 bits per heavy atom. The van der Waals surface area contributed by atoms with Crippen molar-refractivity contribution in [3.8, 4) is 11.8 Å². The first-order chi connectivity index (χ1) is 11.6. The van der Waals surface area contributed by atoms with E-state index in [1.807, 2.05) is 55.5 Å². The van der Waals surface area contributed by atoms with Crippen LogP contribution in [0.2, 0.25) is 0 Å². The second kappa shape index (κ2) is 6.73. The summed E-state index contributed by atoms with van der Waals surface area (Å²) in [7, 11) is 0. The number of nitrogens with one attached hydrogen (secondary N) is 1. The van der Waals surface area contributed by atoms with Gasteiger partial charge in [-0.05, 0) is 43.3 Å². The predicted octanol–water partition coefficient (Wildman–Crippen LogP) is 4.67. The first-order valence-corrected chi connectivity index (χ1v) is 8.13. The Hall–Kier alpha value is -2.84. The van der Waals surface area contributed by atoms with Gasteiger partial charge in [0.15, 0.2) is 0 Å². The number of anilines is 1. The largest absolute Gasteiger partial charge is 0.321 e. The topological polar surface area (TPSA) is 57.8 Å². The molecule has 3 aromatic rings. The van der Waals surface area contributed by atoms with Crippen molar-refractivity contribution in [1.29, 1.82) is 5.26 Å². The van der Waals surface area contributed by atoms with Crippen molar-refractivity contribution >= 4 is 27.5 Å². The summed E-state index contributed by atoms with van der Waals surface area (Å²) in [5.41, 5.74) is 3.26. The molecule has 0 unspecified atom stereocenters. The molecule has 1 aromatic heterocycles. The molecule has 1 N–H and O–H groups in total. The van der Waals surface area contributed by atoms with Gasteiger partial charge in [-0.25, -0.2) is 0 Å². The van der Waals surface area contributed by atoms with Gasteiger partial charge in [0.1, 0.15) is 11.8 Å². The van der Waals surface area contributed by atoms with Crippen molar-refractivity contribution in [2.24, 2.45) is 0 Å². The number of halogens is 1. The third-order valence-corrected chi connectivity index (χ3v) is 4.11. The molecule has 3 rings (SSSR count). The van der Waals surface area contributed by atoms with E-state index in [4.69, 9.17) is 0 Å². The Morgan fingerprint density at radius 3 is 2.58 bits per heavy atom. The molecule has 0 aliphatic carbocycles. The monoisotopic (exact) mass is 379 g/mol. The molecule has 1 amide bonds. The van der Waals surface area contributed by atoms with Crippen LogP contribution in [-0.4, -0.2) is 10.5 Å². The lowest BCUT2D eigenvalue weighted by molar-refractivity contribution is 0.102. The fraction of sp³-hybridized carbons (Fsp3) is 0.0526. The van der Waals surface area contributed by atoms with Gasteiger partial charge in [0.2, 0.25) is 0 Å². The highest BCUT2D eigenvalue weighted by atomic mass is 79.9. The van der Waals surface area contributed by atoms with Crippen LogP contribution in [0.4, 0.5) is 5.69 Å². The summed E-state index contributed by atoms with van der Waals surface area (Å²) in [4.78, 5) is 12.7. The number of carbonyl (C=O) groups is 1. The van der Waals surface area contributed by atoms with E-state index in [1.165, 1.54) is 0 Å². The summed E-state index contributed by atoms with van der Waals surface area (Å²) < 4.78 is 2.62. The lowest BCUT2D eigenvalue weighted by Crippen LogP contribution is -2.17. The minimum atomic E-state index is -0.319. The molecule has 2 aromatic carbocycles. The summed E-state index contributed by atoms with van der Waals surface area (Å²) >= 11 is 3.43. The molecule has 118 valence electrons. The molecule has 0 radical (unpaired) electrons. The molecular weight excluding hydrogens is 366 g/mol. The highest BCUT2D eigenvalue weighted by molar-refractivity contribution is 9.10. The van der Waals surface area contributed by atoms with Gasteiger partial charge in [-0.2, -0.15) is 5.26 Å². The van der Waals surface area contributed by atoms with Gasteiger partial charge in [0.25, 0.3) is 5.91 Å². The lowest BCUT2D eigenvalue weighted by atomic mass is 10.2. The van der Waals surface area contributed by atoms with Crippen LogP contribution in [0.3, 0.4) is 0 Å². The quantitative estimate of drug-likeness (QED) is 0.718. The Bertz CT molecular complexity index is 936. The van der Waals surface area contributed by atoms with E-state index < -0.39 is 0 Å². The van der Waals surface area contributed by atoms with Gasteiger partial charge in [-0.1, -0.05) is 39.7 Å². The smallest absolute Gasteiger partial charge is 0.274 e. The number of amides is 1. The number of aryl methyl sites for hydroxylation is 1. The second-order valence-electron chi connectivity index (χ2n) is 5.36. The number of aromatic nitrogens is 1. The van der Waals surface area contributed by atoms with Gasteiger partial charge in [-0.15, -0.1) is 0 Å². The first-order valence-electron chi connectivity index (χ1n) is 7.34. The maximum atomic E-state index is 12.7. The fourth-order valence-electron chi connectivity index (χ4n) is 2.42. The molecule has 24 heavy (non-hydrogen) atoms. The maximum Gasteiger partial charge on any atom is 0.274 e. The van der Waals surface area contributed by atoms with Crippen LogP contribution in [0.15, 0.2) is 65.3 Å². The number of rotatable bonds is 3. The van der Waals surface area contributed by atoms with Crippen molar-refractivity contribution in [2.45, 2.75) is 6.92 Å². The summed E-state index contributed by atoms with van der Waals surface area (Å²) in [5.74, 6) is -0.319. The molecule has 0 fully saturated rings. The molecule has 0 saturated carbocycles. The fourth-order valence-corrected chi connectivity index (χ4v) is 2.81. The molecule has 0 bridgehead atoms. The van der Waals surface area contributed by atoms with Crippen LogP contribution in [0, 0.1) is 18.3 Å². The molecule has 0 atom stereocenters. The Labute approximate surface area is 148 Å². The zero-order valence-electron chi connectivity index (χ0n) is 13.0. The number of carbonyl (C=O) groups excluding carboxylic acids is 1. The van der Waals surface area contributed by atoms with E-state index in [1.54, 1.807) is 16.8 Å². The van der Waals surface area contributed by atoms with Crippen LogP contribution in [0.5, 0.6) is 0 Å². The summed E-state index contributed by atoms with van der Waals surface area (Å²) in [6, 6.07) is 18.8. The molecule has 0 saturated heterocycles. The molecule has 5 heteroatoms. The summed E-state index contributed by atoms with van der Waals surface area (Å²) in [5, 5.41) is 12.2. The number of benzene rings is 2. The Morgan fingerprint density at radius 2 is 1.92 bits per heavy atom. The Balaban J connectivity index is 2.00. The lowest BCUT2D eigenvalue weighted by Gasteiger charge is -2.11. The normalized spacial score (nSPS) is 10.2. The van der Waals surface area contributed by atoms with Crippen molar-refractivity contribution in [2.75, 3.05) is 5.32 Å². The first kappa shape index (κ1) is 16.0. The number of nitrogens with zero attached hydrogens (tertiary/aromatic N) is 2. The van der Waals surface area contributed by atoms with E-state index in [-0.39, 0.29) is 5.91 Å². The van der Waals surface area contributed by atoms with E-state index in [0.717, 1.165) is 15.7 Å². The minimum Gasteiger partial charge on any atom is -0.321 e. The molecule has 0 aliphatic rings. The van der Waals surface area contributed by atoms with Gasteiger partial charge in [-0.3, -0.25) is 4.79 Å². The average molecular weight is 380 g/mol. The third kappa shape index (κ3) is 3.24. The maximum absolute atomic E-state index is 12.7. The average Bonchev–Trinajstić information content (AvgIpc) is 3.01. The van der Waals surface area contributed by atoms with Crippen LogP contribution in [-0.2, 0) is 0 Å². The van der Waals surface area contributed by atoms with E-state index in [0.29, 0.717) is 16.9 Å². The molecular formula is C19H14BrN3O. The number of hydrogen-bond donors (Lipinski definition) is 1. The van der Waals surface area contributed by atoms with Gasteiger partial charge in [0.05, 0.1) is 5.56 Å². The van der Waals surface area contributed by atoms with Crippen LogP contribution in [0.25, 0.3) is 5.69 Å². The van der Waals surface area contributed by atoms with Crippen molar-refractivity contribution < 1.29 is 4.79 Å². The number of nitriles is 1. The third-order valence-electron chi connectivity index (χ3n) is 3.62. The molecule has 1 heterocycles. The van der Waals surface area contributed by atoms with Gasteiger partial charge < -0.3 is 9.88 Å². The number of hydrogen-bond acceptors (Lipinski definition) is 2.